The van der Waals surface area contributed by atoms with Crippen LogP contribution in [0.15, 0.2) is 97.2 Å². The molecule has 61 heavy (non-hydrogen) atoms. The third kappa shape index (κ3) is 47.2. The minimum absolute atomic E-state index is 0.105. The number of hydrogen-bond donors (Lipinski definition) is 0. The topological polar surface area (TPSA) is 78.9 Å². The van der Waals surface area contributed by atoms with E-state index >= 15 is 0 Å². The minimum atomic E-state index is -0.807. The van der Waals surface area contributed by atoms with Gasteiger partial charge in [-0.25, -0.2) is 0 Å². The van der Waals surface area contributed by atoms with Crippen molar-refractivity contribution in [1.82, 2.24) is 0 Å². The number of unbranched alkanes of at least 4 members (excludes halogenated alkanes) is 19. The van der Waals surface area contributed by atoms with E-state index in [2.05, 4.69) is 81.5 Å². The lowest BCUT2D eigenvalue weighted by molar-refractivity contribution is -0.167. The number of rotatable bonds is 43. The maximum atomic E-state index is 12.8. The summed E-state index contributed by atoms with van der Waals surface area (Å²) < 4.78 is 16.7. The fourth-order valence-electron chi connectivity index (χ4n) is 6.46. The van der Waals surface area contributed by atoms with Crippen LogP contribution in [0.5, 0.6) is 0 Å². The second kappa shape index (κ2) is 49.0. The van der Waals surface area contributed by atoms with Crippen LogP contribution >= 0.6 is 0 Å². The molecule has 0 saturated heterocycles. The fourth-order valence-corrected chi connectivity index (χ4v) is 6.46. The Bertz CT molecular complexity index is 1250. The summed E-state index contributed by atoms with van der Waals surface area (Å²) in [5.74, 6) is -0.978. The molecule has 0 aromatic carbocycles. The molecule has 6 heteroatoms. The van der Waals surface area contributed by atoms with Crippen LogP contribution in [-0.4, -0.2) is 37.2 Å². The molecule has 0 N–H and O–H groups in total. The molecule has 0 aromatic rings. The lowest BCUT2D eigenvalue weighted by Crippen LogP contribution is -2.30. The summed E-state index contributed by atoms with van der Waals surface area (Å²) in [6.45, 7) is 6.31. The quantitative estimate of drug-likeness (QED) is 0.0200. The lowest BCUT2D eigenvalue weighted by atomic mass is 10.1. The predicted octanol–water partition coefficient (Wildman–Crippen LogP) is 16.2. The number of carbonyl (C=O) groups excluding carboxylic acids is 3. The average Bonchev–Trinajstić information content (AvgIpc) is 3.26. The van der Waals surface area contributed by atoms with Crippen molar-refractivity contribution in [2.75, 3.05) is 13.2 Å². The second-order valence-corrected chi connectivity index (χ2v) is 16.0. The molecule has 0 rings (SSSR count). The van der Waals surface area contributed by atoms with Crippen LogP contribution in [0.2, 0.25) is 0 Å². The Morgan fingerprint density at radius 1 is 0.361 bits per heavy atom. The van der Waals surface area contributed by atoms with Crippen molar-refractivity contribution < 1.29 is 28.6 Å². The first kappa shape index (κ1) is 57.3. The second-order valence-electron chi connectivity index (χ2n) is 16.0. The Kier molecular flexibility index (Phi) is 46.0. The molecule has 0 aliphatic rings. The number of carbonyl (C=O) groups is 3. The van der Waals surface area contributed by atoms with Gasteiger partial charge in [-0.1, -0.05) is 195 Å². The molecule has 0 heterocycles. The molecular weight excluding hydrogens is 757 g/mol. The predicted molar refractivity (Wildman–Crippen MR) is 260 cm³/mol. The Hall–Kier alpha value is -3.67. The van der Waals surface area contributed by atoms with E-state index in [9.17, 15) is 14.4 Å². The lowest BCUT2D eigenvalue weighted by Gasteiger charge is -2.18. The van der Waals surface area contributed by atoms with E-state index in [0.29, 0.717) is 19.3 Å². The molecule has 0 radical (unpaired) electrons. The van der Waals surface area contributed by atoms with Crippen molar-refractivity contribution >= 4 is 17.9 Å². The van der Waals surface area contributed by atoms with Gasteiger partial charge in [-0.15, -0.1) is 0 Å². The van der Waals surface area contributed by atoms with E-state index in [1.165, 1.54) is 57.8 Å². The van der Waals surface area contributed by atoms with Gasteiger partial charge in [0.2, 0.25) is 0 Å². The van der Waals surface area contributed by atoms with E-state index in [1.807, 2.05) is 36.5 Å². The zero-order valence-electron chi connectivity index (χ0n) is 39.4. The zero-order valence-corrected chi connectivity index (χ0v) is 39.4. The number of esters is 3. The van der Waals surface area contributed by atoms with Gasteiger partial charge in [0, 0.05) is 19.3 Å². The van der Waals surface area contributed by atoms with E-state index in [0.717, 1.165) is 116 Å². The van der Waals surface area contributed by atoms with Gasteiger partial charge in [0.15, 0.2) is 6.10 Å². The van der Waals surface area contributed by atoms with E-state index in [-0.39, 0.29) is 31.1 Å². The van der Waals surface area contributed by atoms with Crippen molar-refractivity contribution in [2.45, 2.75) is 219 Å². The van der Waals surface area contributed by atoms with E-state index < -0.39 is 6.10 Å². The first-order valence-corrected chi connectivity index (χ1v) is 24.8. The monoisotopic (exact) mass is 847 g/mol. The van der Waals surface area contributed by atoms with E-state index in [4.69, 9.17) is 14.2 Å². The van der Waals surface area contributed by atoms with Crippen LogP contribution in [-0.2, 0) is 28.6 Å². The van der Waals surface area contributed by atoms with Gasteiger partial charge in [-0.3, -0.25) is 14.4 Å². The SMILES string of the molecule is CC/C=C/C=C/C=C/C=C/CCCCCC(=O)OCC(COC(=O)CCCCCCCC/C=C/C/C=C/C/C=C/CC)OC(=O)CCCCC/C=C/CCCCCCCCC. The molecule has 1 unspecified atom stereocenters. The Morgan fingerprint density at radius 3 is 1.23 bits per heavy atom. The molecule has 0 bridgehead atoms. The third-order valence-corrected chi connectivity index (χ3v) is 10.1. The van der Waals surface area contributed by atoms with Crippen LogP contribution in [0.1, 0.15) is 213 Å². The fraction of sp³-hybridized carbons (Fsp3) is 0.655. The highest BCUT2D eigenvalue weighted by Crippen LogP contribution is 2.13. The van der Waals surface area contributed by atoms with Crippen LogP contribution in [0.25, 0.3) is 0 Å². The molecule has 0 fully saturated rings. The Balaban J connectivity index is 4.49. The maximum absolute atomic E-state index is 12.8. The van der Waals surface area contributed by atoms with Gasteiger partial charge in [0.1, 0.15) is 13.2 Å². The summed E-state index contributed by atoms with van der Waals surface area (Å²) in [5.41, 5.74) is 0. The summed E-state index contributed by atoms with van der Waals surface area (Å²) >= 11 is 0. The van der Waals surface area contributed by atoms with Crippen LogP contribution in [0.4, 0.5) is 0 Å². The first-order valence-electron chi connectivity index (χ1n) is 24.8. The average molecular weight is 847 g/mol. The van der Waals surface area contributed by atoms with Gasteiger partial charge < -0.3 is 14.2 Å². The molecule has 0 amide bonds. The summed E-state index contributed by atoms with van der Waals surface area (Å²) in [7, 11) is 0. The van der Waals surface area contributed by atoms with Crippen molar-refractivity contribution in [3.05, 3.63) is 97.2 Å². The highest BCUT2D eigenvalue weighted by atomic mass is 16.6. The van der Waals surface area contributed by atoms with Gasteiger partial charge >= 0.3 is 17.9 Å². The van der Waals surface area contributed by atoms with Gasteiger partial charge in [0.25, 0.3) is 0 Å². The smallest absolute Gasteiger partial charge is 0.306 e. The van der Waals surface area contributed by atoms with Crippen molar-refractivity contribution in [1.29, 1.82) is 0 Å². The third-order valence-electron chi connectivity index (χ3n) is 10.1. The molecule has 6 nitrogen and oxygen atoms in total. The molecule has 1 atom stereocenters. The highest BCUT2D eigenvalue weighted by Gasteiger charge is 2.19. The van der Waals surface area contributed by atoms with E-state index in [1.54, 1.807) is 0 Å². The summed E-state index contributed by atoms with van der Waals surface area (Å²) in [4.78, 5) is 37.9. The number of allylic oxidation sites excluding steroid dienone is 16. The first-order chi connectivity index (χ1) is 30.0. The molecule has 0 aromatic heterocycles. The highest BCUT2D eigenvalue weighted by molar-refractivity contribution is 5.71. The normalized spacial score (nSPS) is 12.9. The molecule has 346 valence electrons. The van der Waals surface area contributed by atoms with Crippen LogP contribution in [0, 0.1) is 0 Å². The zero-order chi connectivity index (χ0) is 44.4. The standard InChI is InChI=1S/C55H90O6/c1-4-7-10-13-16-19-22-25-27-28-31-33-36-39-42-45-48-54(57)60-51-52(50-59-53(56)47-44-41-38-35-32-29-24-21-18-15-12-9-6-3)61-55(58)49-46-43-40-37-34-30-26-23-20-17-14-11-8-5-2/h7,9-10,12,15-16,18-19,21,24-25,27,29-30,32,34,52H,4-6,8,11,13-14,17,20,22-23,26,28,31,33,35-51H2,1-3H3/b10-7+,12-9+,18-15+,19-16+,24-21+,27-25+,32-29+,34-30+. The minimum Gasteiger partial charge on any atom is -0.462 e. The molecule has 0 aliphatic heterocycles. The van der Waals surface area contributed by atoms with Gasteiger partial charge in [-0.2, -0.15) is 0 Å². The Labute approximate surface area is 375 Å². The number of ether oxygens (including phenoxy) is 3. The largest absolute Gasteiger partial charge is 0.462 e. The maximum Gasteiger partial charge on any atom is 0.306 e. The summed E-state index contributed by atoms with van der Waals surface area (Å²) in [5, 5.41) is 0. The summed E-state index contributed by atoms with van der Waals surface area (Å²) in [6.07, 6.45) is 63.9. The van der Waals surface area contributed by atoms with Crippen molar-refractivity contribution in [3.8, 4) is 0 Å². The van der Waals surface area contributed by atoms with Crippen molar-refractivity contribution in [2.24, 2.45) is 0 Å². The summed E-state index contributed by atoms with van der Waals surface area (Å²) in [6, 6.07) is 0. The van der Waals surface area contributed by atoms with Crippen LogP contribution in [0.3, 0.4) is 0 Å². The molecule has 0 aliphatic carbocycles. The molecule has 0 spiro atoms. The number of hydrogen-bond acceptors (Lipinski definition) is 6. The van der Waals surface area contributed by atoms with Gasteiger partial charge in [0.05, 0.1) is 0 Å². The van der Waals surface area contributed by atoms with Crippen LogP contribution < -0.4 is 0 Å². The van der Waals surface area contributed by atoms with Crippen molar-refractivity contribution in [3.63, 3.8) is 0 Å². The molecular formula is C55H90O6. The van der Waals surface area contributed by atoms with Gasteiger partial charge in [-0.05, 0) is 96.3 Å². The Morgan fingerprint density at radius 2 is 0.721 bits per heavy atom. The molecule has 0 saturated carbocycles.